The Morgan fingerprint density at radius 1 is 1.31 bits per heavy atom. The van der Waals surface area contributed by atoms with Crippen molar-refractivity contribution < 1.29 is 13.3 Å². The summed E-state index contributed by atoms with van der Waals surface area (Å²) in [5.74, 6) is 0.168. The number of nitrogen functional groups attached to an aromatic ring is 1. The van der Waals surface area contributed by atoms with Crippen LogP contribution in [0.25, 0.3) is 11.3 Å². The molecule has 2 N–H and O–H groups in total. The molecule has 0 spiro atoms. The minimum atomic E-state index is -2.38. The zero-order chi connectivity index (χ0) is 11.5. The molecule has 84 valence electrons. The Labute approximate surface area is 90.9 Å². The van der Waals surface area contributed by atoms with Crippen molar-refractivity contribution >= 4 is 5.88 Å². The minimum absolute atomic E-state index is 0.168. The SMILES string of the molecule is Nc1cc(-c2ccccc2CC(F)F)no1. The van der Waals surface area contributed by atoms with Crippen LogP contribution in [0.1, 0.15) is 5.56 Å². The summed E-state index contributed by atoms with van der Waals surface area (Å²) in [7, 11) is 0. The maximum Gasteiger partial charge on any atom is 0.242 e. The van der Waals surface area contributed by atoms with Gasteiger partial charge in [-0.15, -0.1) is 0 Å². The van der Waals surface area contributed by atoms with Crippen molar-refractivity contribution in [1.82, 2.24) is 5.16 Å². The fourth-order valence-corrected chi connectivity index (χ4v) is 1.53. The molecule has 0 aliphatic rings. The van der Waals surface area contributed by atoms with Gasteiger partial charge in [0.15, 0.2) is 0 Å². The molecule has 0 fully saturated rings. The van der Waals surface area contributed by atoms with Gasteiger partial charge in [-0.3, -0.25) is 0 Å². The molecule has 0 amide bonds. The molecule has 16 heavy (non-hydrogen) atoms. The third-order valence-electron chi connectivity index (χ3n) is 2.20. The van der Waals surface area contributed by atoms with Crippen LogP contribution in [-0.2, 0) is 6.42 Å². The summed E-state index contributed by atoms with van der Waals surface area (Å²) in [6.07, 6.45) is -2.69. The number of hydrogen-bond donors (Lipinski definition) is 1. The Bertz CT molecular complexity index is 482. The first-order valence-electron chi connectivity index (χ1n) is 4.75. The average molecular weight is 224 g/mol. The largest absolute Gasteiger partial charge is 0.368 e. The fourth-order valence-electron chi connectivity index (χ4n) is 1.53. The van der Waals surface area contributed by atoms with Gasteiger partial charge in [0.2, 0.25) is 12.3 Å². The fraction of sp³-hybridized carbons (Fsp3) is 0.182. The molecular formula is C11H10F2N2O. The van der Waals surface area contributed by atoms with Crippen LogP contribution in [-0.4, -0.2) is 11.6 Å². The third kappa shape index (κ3) is 2.18. The lowest BCUT2D eigenvalue weighted by molar-refractivity contribution is 0.149. The zero-order valence-corrected chi connectivity index (χ0v) is 8.36. The molecule has 2 rings (SSSR count). The number of rotatable bonds is 3. The Morgan fingerprint density at radius 3 is 2.69 bits per heavy atom. The number of halogens is 2. The van der Waals surface area contributed by atoms with E-state index in [1.165, 1.54) is 6.07 Å². The first kappa shape index (κ1) is 10.6. The van der Waals surface area contributed by atoms with Crippen LogP contribution in [0.15, 0.2) is 34.9 Å². The monoisotopic (exact) mass is 224 g/mol. The highest BCUT2D eigenvalue weighted by atomic mass is 19.3. The Hall–Kier alpha value is -1.91. The third-order valence-corrected chi connectivity index (χ3v) is 2.20. The maximum absolute atomic E-state index is 12.4. The van der Waals surface area contributed by atoms with Crippen LogP contribution in [0.5, 0.6) is 0 Å². The normalized spacial score (nSPS) is 10.9. The van der Waals surface area contributed by atoms with E-state index < -0.39 is 6.43 Å². The standard InChI is InChI=1S/C11H10F2N2O/c12-10(13)5-7-3-1-2-4-8(7)9-6-11(14)16-15-9/h1-4,6,10H,5,14H2. The van der Waals surface area contributed by atoms with Gasteiger partial charge >= 0.3 is 0 Å². The summed E-state index contributed by atoms with van der Waals surface area (Å²) in [6, 6.07) is 8.35. The minimum Gasteiger partial charge on any atom is -0.368 e. The van der Waals surface area contributed by atoms with E-state index in [4.69, 9.17) is 10.3 Å². The number of alkyl halides is 2. The Morgan fingerprint density at radius 2 is 2.06 bits per heavy atom. The van der Waals surface area contributed by atoms with Crippen molar-refractivity contribution in [2.24, 2.45) is 0 Å². The molecule has 0 saturated heterocycles. The van der Waals surface area contributed by atoms with Gasteiger partial charge in [0.1, 0.15) is 5.69 Å². The van der Waals surface area contributed by atoms with Gasteiger partial charge in [-0.1, -0.05) is 29.4 Å². The van der Waals surface area contributed by atoms with E-state index >= 15 is 0 Å². The predicted octanol–water partition coefficient (Wildman–Crippen LogP) is 2.73. The van der Waals surface area contributed by atoms with E-state index in [9.17, 15) is 8.78 Å². The lowest BCUT2D eigenvalue weighted by atomic mass is 10.0. The molecule has 1 aromatic heterocycles. The van der Waals surface area contributed by atoms with Gasteiger partial charge in [-0.25, -0.2) is 8.78 Å². The van der Waals surface area contributed by atoms with Gasteiger partial charge in [0, 0.05) is 18.1 Å². The molecule has 0 saturated carbocycles. The van der Waals surface area contributed by atoms with Gasteiger partial charge in [-0.2, -0.15) is 0 Å². The molecule has 0 radical (unpaired) electrons. The Balaban J connectivity index is 2.40. The number of anilines is 1. The smallest absolute Gasteiger partial charge is 0.242 e. The summed E-state index contributed by atoms with van der Waals surface area (Å²) in [5, 5.41) is 3.71. The maximum atomic E-state index is 12.4. The van der Waals surface area contributed by atoms with Crippen LogP contribution in [0.2, 0.25) is 0 Å². The van der Waals surface area contributed by atoms with Crippen molar-refractivity contribution in [3.63, 3.8) is 0 Å². The number of nitrogens with two attached hydrogens (primary N) is 1. The molecule has 1 aromatic carbocycles. The van der Waals surface area contributed by atoms with Crippen molar-refractivity contribution in [3.05, 3.63) is 35.9 Å². The predicted molar refractivity (Wildman–Crippen MR) is 56.1 cm³/mol. The first-order valence-corrected chi connectivity index (χ1v) is 4.75. The number of aromatic nitrogens is 1. The van der Waals surface area contributed by atoms with Gasteiger partial charge in [0.25, 0.3) is 0 Å². The van der Waals surface area contributed by atoms with E-state index in [-0.39, 0.29) is 12.3 Å². The van der Waals surface area contributed by atoms with E-state index in [0.29, 0.717) is 16.8 Å². The highest BCUT2D eigenvalue weighted by molar-refractivity contribution is 5.65. The molecule has 0 aliphatic carbocycles. The topological polar surface area (TPSA) is 52.0 Å². The molecular weight excluding hydrogens is 214 g/mol. The van der Waals surface area contributed by atoms with Crippen LogP contribution in [0, 0.1) is 0 Å². The number of benzene rings is 1. The van der Waals surface area contributed by atoms with Crippen molar-refractivity contribution in [1.29, 1.82) is 0 Å². The van der Waals surface area contributed by atoms with Crippen LogP contribution < -0.4 is 5.73 Å². The van der Waals surface area contributed by atoms with E-state index in [1.54, 1.807) is 24.3 Å². The average Bonchev–Trinajstić information content (AvgIpc) is 2.65. The van der Waals surface area contributed by atoms with Crippen LogP contribution in [0.4, 0.5) is 14.7 Å². The van der Waals surface area contributed by atoms with Crippen LogP contribution in [0.3, 0.4) is 0 Å². The van der Waals surface area contributed by atoms with Gasteiger partial charge in [-0.05, 0) is 5.56 Å². The highest BCUT2D eigenvalue weighted by Gasteiger charge is 2.12. The number of nitrogens with zero attached hydrogens (tertiary/aromatic N) is 1. The highest BCUT2D eigenvalue weighted by Crippen LogP contribution is 2.25. The second kappa shape index (κ2) is 4.30. The van der Waals surface area contributed by atoms with Crippen molar-refractivity contribution in [2.75, 3.05) is 5.73 Å². The summed E-state index contributed by atoms with van der Waals surface area (Å²) >= 11 is 0. The second-order valence-corrected chi connectivity index (χ2v) is 3.37. The van der Waals surface area contributed by atoms with E-state index in [1.807, 2.05) is 0 Å². The number of hydrogen-bond acceptors (Lipinski definition) is 3. The summed E-state index contributed by atoms with van der Waals surface area (Å²) in [4.78, 5) is 0. The van der Waals surface area contributed by atoms with E-state index in [2.05, 4.69) is 5.16 Å². The molecule has 2 aromatic rings. The van der Waals surface area contributed by atoms with Crippen molar-refractivity contribution in [3.8, 4) is 11.3 Å². The Kier molecular flexibility index (Phi) is 2.85. The lowest BCUT2D eigenvalue weighted by Gasteiger charge is -2.05. The first-order chi connectivity index (χ1) is 7.66. The molecule has 3 nitrogen and oxygen atoms in total. The molecule has 0 unspecified atom stereocenters. The summed E-state index contributed by atoms with van der Waals surface area (Å²) < 4.78 is 29.4. The summed E-state index contributed by atoms with van der Waals surface area (Å²) in [5.41, 5.74) is 7.03. The van der Waals surface area contributed by atoms with Gasteiger partial charge in [0.05, 0.1) is 0 Å². The molecule has 0 aliphatic heterocycles. The summed E-state index contributed by atoms with van der Waals surface area (Å²) in [6.45, 7) is 0. The lowest BCUT2D eigenvalue weighted by Crippen LogP contribution is -1.98. The molecule has 0 bridgehead atoms. The van der Waals surface area contributed by atoms with E-state index in [0.717, 1.165) is 0 Å². The quantitative estimate of drug-likeness (QED) is 0.872. The van der Waals surface area contributed by atoms with Crippen LogP contribution >= 0.6 is 0 Å². The van der Waals surface area contributed by atoms with Gasteiger partial charge < -0.3 is 10.3 Å². The molecule has 0 atom stereocenters. The second-order valence-electron chi connectivity index (χ2n) is 3.37. The molecule has 5 heteroatoms. The zero-order valence-electron chi connectivity index (χ0n) is 8.36. The molecule has 1 heterocycles. The van der Waals surface area contributed by atoms with Crippen molar-refractivity contribution in [2.45, 2.75) is 12.8 Å².